The molecule has 1 aliphatic rings. The van der Waals surface area contributed by atoms with E-state index in [0.29, 0.717) is 12.1 Å². The summed E-state index contributed by atoms with van der Waals surface area (Å²) in [5.41, 5.74) is 1.69. The van der Waals surface area contributed by atoms with E-state index in [4.69, 9.17) is 5.11 Å². The van der Waals surface area contributed by atoms with Gasteiger partial charge in [0.2, 0.25) is 0 Å². The standard InChI is InChI=1S/C12H15NO3S/c1-8-6-17-7-10(8)12(16)13-4-2-3-9(13)5-11(14)15/h6-7,9H,2-5H2,1H3,(H,14,15). The molecule has 0 bridgehead atoms. The van der Waals surface area contributed by atoms with Crippen molar-refractivity contribution in [2.45, 2.75) is 32.2 Å². The topological polar surface area (TPSA) is 57.6 Å². The number of carboxylic acids is 1. The van der Waals surface area contributed by atoms with E-state index in [1.54, 1.807) is 4.90 Å². The Hall–Kier alpha value is -1.36. The van der Waals surface area contributed by atoms with Gasteiger partial charge in [-0.05, 0) is 30.7 Å². The first-order valence-electron chi connectivity index (χ1n) is 5.65. The number of hydrogen-bond donors (Lipinski definition) is 1. The lowest BCUT2D eigenvalue weighted by atomic mass is 10.1. The SMILES string of the molecule is Cc1cscc1C(=O)N1CCCC1CC(=O)O. The summed E-state index contributed by atoms with van der Waals surface area (Å²) in [7, 11) is 0. The molecule has 0 saturated carbocycles. The number of carbonyl (C=O) groups excluding carboxylic acids is 1. The van der Waals surface area contributed by atoms with Gasteiger partial charge >= 0.3 is 5.97 Å². The number of rotatable bonds is 3. The van der Waals surface area contributed by atoms with E-state index in [0.717, 1.165) is 18.4 Å². The summed E-state index contributed by atoms with van der Waals surface area (Å²) in [6.07, 6.45) is 1.74. The summed E-state index contributed by atoms with van der Waals surface area (Å²) in [6.45, 7) is 2.58. The van der Waals surface area contributed by atoms with E-state index in [-0.39, 0.29) is 18.4 Å². The maximum Gasteiger partial charge on any atom is 0.305 e. The van der Waals surface area contributed by atoms with Gasteiger partial charge in [-0.1, -0.05) is 0 Å². The fourth-order valence-electron chi connectivity index (χ4n) is 2.25. The molecular formula is C12H15NO3S. The molecule has 5 heteroatoms. The highest BCUT2D eigenvalue weighted by Gasteiger charge is 2.31. The predicted octanol–water partition coefficient (Wildman–Crippen LogP) is 2.14. The van der Waals surface area contributed by atoms with Crippen molar-refractivity contribution < 1.29 is 14.7 Å². The summed E-state index contributed by atoms with van der Waals surface area (Å²) in [5, 5.41) is 12.6. The summed E-state index contributed by atoms with van der Waals surface area (Å²) < 4.78 is 0. The van der Waals surface area contributed by atoms with Crippen molar-refractivity contribution in [2.24, 2.45) is 0 Å². The average molecular weight is 253 g/mol. The molecule has 1 aromatic rings. The normalized spacial score (nSPS) is 19.6. The van der Waals surface area contributed by atoms with Crippen molar-refractivity contribution in [3.05, 3.63) is 21.9 Å². The first kappa shape index (κ1) is 12.1. The number of hydrogen-bond acceptors (Lipinski definition) is 3. The van der Waals surface area contributed by atoms with Gasteiger partial charge < -0.3 is 10.0 Å². The van der Waals surface area contributed by atoms with Crippen LogP contribution in [0.25, 0.3) is 0 Å². The highest BCUT2D eigenvalue weighted by atomic mass is 32.1. The molecule has 0 aliphatic carbocycles. The van der Waals surface area contributed by atoms with Gasteiger partial charge in [-0.25, -0.2) is 0 Å². The smallest absolute Gasteiger partial charge is 0.305 e. The Bertz CT molecular complexity index is 441. The molecule has 1 atom stereocenters. The molecule has 1 amide bonds. The minimum atomic E-state index is -0.836. The number of nitrogens with zero attached hydrogens (tertiary/aromatic N) is 1. The molecule has 1 saturated heterocycles. The third kappa shape index (κ3) is 2.49. The third-order valence-corrected chi connectivity index (χ3v) is 4.00. The molecular weight excluding hydrogens is 238 g/mol. The minimum Gasteiger partial charge on any atom is -0.481 e. The Morgan fingerprint density at radius 1 is 1.53 bits per heavy atom. The van der Waals surface area contributed by atoms with E-state index in [2.05, 4.69) is 0 Å². The molecule has 1 aliphatic heterocycles. The van der Waals surface area contributed by atoms with E-state index in [9.17, 15) is 9.59 Å². The van der Waals surface area contributed by atoms with Crippen LogP contribution in [-0.4, -0.2) is 34.5 Å². The summed E-state index contributed by atoms with van der Waals surface area (Å²) in [6, 6.07) is -0.140. The monoisotopic (exact) mass is 253 g/mol. The van der Waals surface area contributed by atoms with Crippen LogP contribution in [0.15, 0.2) is 10.8 Å². The van der Waals surface area contributed by atoms with Crippen molar-refractivity contribution in [1.82, 2.24) is 4.90 Å². The highest BCUT2D eigenvalue weighted by molar-refractivity contribution is 7.08. The lowest BCUT2D eigenvalue weighted by Gasteiger charge is -2.23. The fourth-order valence-corrected chi connectivity index (χ4v) is 3.07. The van der Waals surface area contributed by atoms with Gasteiger partial charge in [0.05, 0.1) is 12.0 Å². The summed E-state index contributed by atoms with van der Waals surface area (Å²) in [5.74, 6) is -0.857. The number of aliphatic carboxylic acids is 1. The molecule has 1 N–H and O–H groups in total. The molecule has 2 heterocycles. The van der Waals surface area contributed by atoms with Gasteiger partial charge in [-0.2, -0.15) is 11.3 Å². The zero-order valence-corrected chi connectivity index (χ0v) is 10.5. The van der Waals surface area contributed by atoms with Crippen LogP contribution in [0.4, 0.5) is 0 Å². The van der Waals surface area contributed by atoms with Crippen molar-refractivity contribution in [3.63, 3.8) is 0 Å². The largest absolute Gasteiger partial charge is 0.481 e. The maximum absolute atomic E-state index is 12.3. The van der Waals surface area contributed by atoms with Crippen LogP contribution in [0, 0.1) is 6.92 Å². The number of carbonyl (C=O) groups is 2. The molecule has 1 unspecified atom stereocenters. The second kappa shape index (κ2) is 4.87. The Labute approximate surface area is 104 Å². The first-order chi connectivity index (χ1) is 8.09. The van der Waals surface area contributed by atoms with Crippen molar-refractivity contribution in [3.8, 4) is 0 Å². The van der Waals surface area contributed by atoms with Gasteiger partial charge in [0.1, 0.15) is 0 Å². The van der Waals surface area contributed by atoms with Gasteiger partial charge in [0.25, 0.3) is 5.91 Å². The van der Waals surface area contributed by atoms with Gasteiger partial charge in [-0.15, -0.1) is 0 Å². The van der Waals surface area contributed by atoms with Gasteiger partial charge in [0.15, 0.2) is 0 Å². The van der Waals surface area contributed by atoms with E-state index >= 15 is 0 Å². The summed E-state index contributed by atoms with van der Waals surface area (Å²) >= 11 is 1.50. The van der Waals surface area contributed by atoms with E-state index in [1.165, 1.54) is 11.3 Å². The van der Waals surface area contributed by atoms with Crippen LogP contribution in [0.2, 0.25) is 0 Å². The van der Waals surface area contributed by atoms with Crippen LogP contribution >= 0.6 is 11.3 Å². The predicted molar refractivity (Wildman–Crippen MR) is 65.4 cm³/mol. The number of thiophene rings is 1. The quantitative estimate of drug-likeness (QED) is 0.897. The van der Waals surface area contributed by atoms with Crippen molar-refractivity contribution in [1.29, 1.82) is 0 Å². The van der Waals surface area contributed by atoms with Crippen molar-refractivity contribution in [2.75, 3.05) is 6.54 Å². The first-order valence-corrected chi connectivity index (χ1v) is 6.59. The second-order valence-corrected chi connectivity index (χ2v) is 5.10. The molecule has 0 radical (unpaired) electrons. The minimum absolute atomic E-state index is 0.0208. The Kier molecular flexibility index (Phi) is 3.47. The molecule has 92 valence electrons. The zero-order chi connectivity index (χ0) is 12.4. The lowest BCUT2D eigenvalue weighted by Crippen LogP contribution is -2.36. The number of carboxylic acid groups (broad SMARTS) is 1. The molecule has 1 fully saturated rings. The maximum atomic E-state index is 12.3. The number of likely N-dealkylation sites (tertiary alicyclic amines) is 1. The number of aryl methyl sites for hydroxylation is 1. The molecule has 0 aromatic carbocycles. The van der Waals surface area contributed by atoms with E-state index in [1.807, 2.05) is 17.7 Å². The molecule has 4 nitrogen and oxygen atoms in total. The third-order valence-electron chi connectivity index (χ3n) is 3.13. The highest BCUT2D eigenvalue weighted by Crippen LogP contribution is 2.24. The second-order valence-electron chi connectivity index (χ2n) is 4.36. The van der Waals surface area contributed by atoms with Gasteiger partial charge in [0, 0.05) is 18.0 Å². The van der Waals surface area contributed by atoms with Crippen molar-refractivity contribution >= 4 is 23.2 Å². The Morgan fingerprint density at radius 3 is 2.88 bits per heavy atom. The van der Waals surface area contributed by atoms with Gasteiger partial charge in [-0.3, -0.25) is 9.59 Å². The molecule has 17 heavy (non-hydrogen) atoms. The number of amides is 1. The van der Waals surface area contributed by atoms with Crippen LogP contribution in [0.1, 0.15) is 35.2 Å². The summed E-state index contributed by atoms with van der Waals surface area (Å²) in [4.78, 5) is 24.7. The molecule has 2 rings (SSSR count). The average Bonchev–Trinajstić information content (AvgIpc) is 2.85. The Morgan fingerprint density at radius 2 is 2.29 bits per heavy atom. The zero-order valence-electron chi connectivity index (χ0n) is 9.68. The molecule has 0 spiro atoms. The Balaban J connectivity index is 2.14. The van der Waals surface area contributed by atoms with Crippen LogP contribution in [0.3, 0.4) is 0 Å². The molecule has 1 aromatic heterocycles. The lowest BCUT2D eigenvalue weighted by molar-refractivity contribution is -0.137. The van der Waals surface area contributed by atoms with E-state index < -0.39 is 5.97 Å². The van der Waals surface area contributed by atoms with Crippen LogP contribution in [0.5, 0.6) is 0 Å². The fraction of sp³-hybridized carbons (Fsp3) is 0.500. The van der Waals surface area contributed by atoms with Crippen LogP contribution < -0.4 is 0 Å². The van der Waals surface area contributed by atoms with Crippen LogP contribution in [-0.2, 0) is 4.79 Å².